The Kier molecular flexibility index (Phi) is 3.88. The molecular formula is C21H28. The third kappa shape index (κ3) is 2.70. The SMILES string of the molecule is C(=C1/CC2CCCCC2C2CCCCC12)/c1ccccc1. The highest BCUT2D eigenvalue weighted by molar-refractivity contribution is 5.54. The Morgan fingerprint density at radius 3 is 2.33 bits per heavy atom. The van der Waals surface area contributed by atoms with E-state index in [2.05, 4.69) is 36.4 Å². The third-order valence-corrected chi connectivity index (χ3v) is 6.46. The Hall–Kier alpha value is -1.04. The van der Waals surface area contributed by atoms with E-state index in [0.29, 0.717) is 0 Å². The Morgan fingerprint density at radius 2 is 1.48 bits per heavy atom. The van der Waals surface area contributed by atoms with Gasteiger partial charge in [0.05, 0.1) is 0 Å². The summed E-state index contributed by atoms with van der Waals surface area (Å²) in [5.41, 5.74) is 3.22. The standard InChI is InChI=1S/C21H28/c1-2-8-16(9-3-1)14-18-15-17-10-4-5-11-19(17)21-13-7-6-12-20(18)21/h1-3,8-9,14,17,19-21H,4-7,10-13,15H2/b18-14+. The van der Waals surface area contributed by atoms with E-state index < -0.39 is 0 Å². The topological polar surface area (TPSA) is 0 Å². The van der Waals surface area contributed by atoms with Gasteiger partial charge in [-0.3, -0.25) is 0 Å². The highest BCUT2D eigenvalue weighted by Gasteiger charge is 2.43. The van der Waals surface area contributed by atoms with Gasteiger partial charge in [0, 0.05) is 0 Å². The van der Waals surface area contributed by atoms with Crippen LogP contribution in [-0.2, 0) is 0 Å². The maximum Gasteiger partial charge on any atom is -0.0169 e. The maximum atomic E-state index is 2.55. The van der Waals surface area contributed by atoms with Crippen LogP contribution in [0, 0.1) is 23.7 Å². The van der Waals surface area contributed by atoms with Crippen molar-refractivity contribution < 1.29 is 0 Å². The van der Waals surface area contributed by atoms with E-state index in [9.17, 15) is 0 Å². The number of allylic oxidation sites excluding steroid dienone is 1. The Balaban J connectivity index is 1.65. The number of rotatable bonds is 1. The molecule has 0 nitrogen and oxygen atoms in total. The molecule has 0 saturated heterocycles. The summed E-state index contributed by atoms with van der Waals surface area (Å²) in [7, 11) is 0. The van der Waals surface area contributed by atoms with Gasteiger partial charge in [0.2, 0.25) is 0 Å². The highest BCUT2D eigenvalue weighted by Crippen LogP contribution is 2.53. The first-order valence-corrected chi connectivity index (χ1v) is 9.17. The summed E-state index contributed by atoms with van der Waals surface area (Å²) in [6, 6.07) is 11.0. The van der Waals surface area contributed by atoms with Crippen molar-refractivity contribution >= 4 is 6.08 Å². The molecular weight excluding hydrogens is 252 g/mol. The maximum absolute atomic E-state index is 2.55. The van der Waals surface area contributed by atoms with Crippen molar-refractivity contribution in [3.8, 4) is 0 Å². The van der Waals surface area contributed by atoms with E-state index in [-0.39, 0.29) is 0 Å². The molecule has 0 aromatic heterocycles. The van der Waals surface area contributed by atoms with E-state index in [1.165, 1.54) is 63.4 Å². The van der Waals surface area contributed by atoms with Crippen molar-refractivity contribution in [2.45, 2.75) is 57.8 Å². The molecule has 3 aliphatic carbocycles. The Morgan fingerprint density at radius 1 is 0.762 bits per heavy atom. The van der Waals surface area contributed by atoms with Crippen molar-refractivity contribution in [3.05, 3.63) is 41.5 Å². The normalized spacial score (nSPS) is 37.8. The van der Waals surface area contributed by atoms with E-state index in [1.807, 2.05) is 0 Å². The predicted octanol–water partition coefficient (Wildman–Crippen LogP) is 6.09. The van der Waals surface area contributed by atoms with Crippen LogP contribution in [0.5, 0.6) is 0 Å². The van der Waals surface area contributed by atoms with Crippen LogP contribution in [0.25, 0.3) is 6.08 Å². The summed E-state index contributed by atoms with van der Waals surface area (Å²) < 4.78 is 0. The summed E-state index contributed by atoms with van der Waals surface area (Å²) in [6.07, 6.45) is 15.9. The highest BCUT2D eigenvalue weighted by atomic mass is 14.5. The molecule has 0 amide bonds. The van der Waals surface area contributed by atoms with Crippen molar-refractivity contribution in [2.75, 3.05) is 0 Å². The average Bonchev–Trinajstić information content (AvgIpc) is 2.56. The minimum atomic E-state index is 0.915. The van der Waals surface area contributed by atoms with E-state index in [0.717, 1.165) is 23.7 Å². The molecule has 0 radical (unpaired) electrons. The molecule has 1 aromatic carbocycles. The lowest BCUT2D eigenvalue weighted by Gasteiger charge is -2.49. The fourth-order valence-electron chi connectivity index (χ4n) is 5.57. The van der Waals surface area contributed by atoms with Crippen molar-refractivity contribution in [2.24, 2.45) is 23.7 Å². The summed E-state index contributed by atoms with van der Waals surface area (Å²) in [4.78, 5) is 0. The molecule has 1 aromatic rings. The quantitative estimate of drug-likeness (QED) is 0.584. The van der Waals surface area contributed by atoms with Crippen LogP contribution in [0.4, 0.5) is 0 Å². The summed E-state index contributed by atoms with van der Waals surface area (Å²) in [6.45, 7) is 0. The lowest BCUT2D eigenvalue weighted by Crippen LogP contribution is -2.39. The van der Waals surface area contributed by atoms with Crippen LogP contribution >= 0.6 is 0 Å². The molecule has 0 heteroatoms. The predicted molar refractivity (Wildman–Crippen MR) is 89.9 cm³/mol. The average molecular weight is 280 g/mol. The van der Waals surface area contributed by atoms with Crippen LogP contribution in [0.2, 0.25) is 0 Å². The van der Waals surface area contributed by atoms with Crippen molar-refractivity contribution in [3.63, 3.8) is 0 Å². The minimum Gasteiger partial charge on any atom is -0.0659 e. The first-order valence-electron chi connectivity index (χ1n) is 9.17. The van der Waals surface area contributed by atoms with Gasteiger partial charge < -0.3 is 0 Å². The molecule has 3 fully saturated rings. The first-order chi connectivity index (χ1) is 10.4. The van der Waals surface area contributed by atoms with Gasteiger partial charge >= 0.3 is 0 Å². The number of benzene rings is 1. The van der Waals surface area contributed by atoms with E-state index >= 15 is 0 Å². The van der Waals surface area contributed by atoms with Gasteiger partial charge in [0.25, 0.3) is 0 Å². The Bertz CT molecular complexity index is 498. The van der Waals surface area contributed by atoms with Crippen molar-refractivity contribution in [1.82, 2.24) is 0 Å². The first kappa shape index (κ1) is 13.6. The minimum absolute atomic E-state index is 0.915. The largest absolute Gasteiger partial charge is 0.0659 e. The molecule has 4 rings (SSSR count). The van der Waals surface area contributed by atoms with E-state index in [1.54, 1.807) is 5.57 Å². The zero-order chi connectivity index (χ0) is 14.1. The Labute approximate surface area is 129 Å². The third-order valence-electron chi connectivity index (χ3n) is 6.46. The van der Waals surface area contributed by atoms with Crippen LogP contribution in [-0.4, -0.2) is 0 Å². The van der Waals surface area contributed by atoms with Crippen LogP contribution < -0.4 is 0 Å². The molecule has 0 heterocycles. The van der Waals surface area contributed by atoms with Gasteiger partial charge in [-0.25, -0.2) is 0 Å². The van der Waals surface area contributed by atoms with Crippen LogP contribution in [0.3, 0.4) is 0 Å². The number of hydrogen-bond donors (Lipinski definition) is 0. The fourth-order valence-corrected chi connectivity index (χ4v) is 5.57. The second-order valence-corrected chi connectivity index (χ2v) is 7.60. The fraction of sp³-hybridized carbons (Fsp3) is 0.619. The second-order valence-electron chi connectivity index (χ2n) is 7.60. The molecule has 0 spiro atoms. The molecule has 21 heavy (non-hydrogen) atoms. The summed E-state index contributed by atoms with van der Waals surface area (Å²) in [5.74, 6) is 4.01. The summed E-state index contributed by atoms with van der Waals surface area (Å²) >= 11 is 0. The van der Waals surface area contributed by atoms with Crippen molar-refractivity contribution in [1.29, 1.82) is 0 Å². The van der Waals surface area contributed by atoms with Gasteiger partial charge in [-0.2, -0.15) is 0 Å². The van der Waals surface area contributed by atoms with Gasteiger partial charge in [-0.15, -0.1) is 0 Å². The van der Waals surface area contributed by atoms with Gasteiger partial charge in [-0.05, 0) is 61.3 Å². The molecule has 3 saturated carbocycles. The zero-order valence-corrected chi connectivity index (χ0v) is 13.1. The lowest BCUT2D eigenvalue weighted by molar-refractivity contribution is 0.0636. The smallest absolute Gasteiger partial charge is 0.0169 e. The monoisotopic (exact) mass is 280 g/mol. The zero-order valence-electron chi connectivity index (χ0n) is 13.1. The molecule has 3 aliphatic rings. The number of fused-ring (bicyclic) bond motifs is 3. The molecule has 4 atom stereocenters. The van der Waals surface area contributed by atoms with E-state index in [4.69, 9.17) is 0 Å². The van der Waals surface area contributed by atoms with Gasteiger partial charge in [-0.1, -0.05) is 67.7 Å². The molecule has 4 unspecified atom stereocenters. The number of hydrogen-bond acceptors (Lipinski definition) is 0. The lowest BCUT2D eigenvalue weighted by atomic mass is 9.56. The van der Waals surface area contributed by atoms with Crippen LogP contribution in [0.15, 0.2) is 35.9 Å². The van der Waals surface area contributed by atoms with Gasteiger partial charge in [0.15, 0.2) is 0 Å². The van der Waals surface area contributed by atoms with Crippen LogP contribution in [0.1, 0.15) is 63.4 Å². The molecule has 0 aliphatic heterocycles. The summed E-state index contributed by atoms with van der Waals surface area (Å²) in [5, 5.41) is 0. The second kappa shape index (κ2) is 5.99. The van der Waals surface area contributed by atoms with Gasteiger partial charge in [0.1, 0.15) is 0 Å². The molecule has 0 N–H and O–H groups in total. The molecule has 0 bridgehead atoms. The molecule has 112 valence electrons.